The molecule has 0 saturated heterocycles. The summed E-state index contributed by atoms with van der Waals surface area (Å²) in [5.74, 6) is 0.0879. The molecule has 114 valence electrons. The summed E-state index contributed by atoms with van der Waals surface area (Å²) in [6, 6.07) is 16.2. The fourth-order valence-electron chi connectivity index (χ4n) is 3.18. The molecule has 0 fully saturated rings. The molecule has 1 N–H and O–H groups in total. The Balaban J connectivity index is 1.94. The molecule has 2 aromatic rings. The van der Waals surface area contributed by atoms with Crippen molar-refractivity contribution in [3.8, 4) is 0 Å². The van der Waals surface area contributed by atoms with Crippen LogP contribution in [0.1, 0.15) is 31.9 Å². The van der Waals surface area contributed by atoms with Gasteiger partial charge in [-0.1, -0.05) is 29.8 Å². The van der Waals surface area contributed by atoms with E-state index in [1.807, 2.05) is 47.4 Å². The Kier molecular flexibility index (Phi) is 4.08. The number of halogens is 1. The van der Waals surface area contributed by atoms with Crippen molar-refractivity contribution >= 4 is 28.9 Å². The summed E-state index contributed by atoms with van der Waals surface area (Å²) in [4.78, 5) is 13.8. The molecule has 1 unspecified atom stereocenters. The molecule has 2 atom stereocenters. The van der Waals surface area contributed by atoms with Crippen molar-refractivity contribution in [1.82, 2.24) is 0 Å². The highest BCUT2D eigenvalue weighted by molar-refractivity contribution is 6.30. The number of carbonyl (C=O) groups is 1. The first-order chi connectivity index (χ1) is 10.6. The average Bonchev–Trinajstić information content (AvgIpc) is 2.49. The number of rotatable bonds is 2. The predicted octanol–water partition coefficient (Wildman–Crippen LogP) is 4.64. The minimum Gasteiger partial charge on any atom is -0.378 e. The van der Waals surface area contributed by atoms with Crippen LogP contribution in [-0.4, -0.2) is 11.9 Å². The Morgan fingerprint density at radius 2 is 1.86 bits per heavy atom. The molecule has 0 bridgehead atoms. The predicted molar refractivity (Wildman–Crippen MR) is 91.5 cm³/mol. The van der Waals surface area contributed by atoms with E-state index in [9.17, 15) is 4.79 Å². The van der Waals surface area contributed by atoms with Gasteiger partial charge in [0.2, 0.25) is 5.91 Å². The standard InChI is InChI=1S/C18H19ClN2O/c1-12-11-17(20-15-9-7-14(19)8-10-15)16-5-3-4-6-18(16)21(12)13(2)22/h3-10,12,17,20H,11H2,1-2H3/t12-,17?/m1/s1. The molecule has 2 aromatic carbocycles. The Bertz CT molecular complexity index is 684. The minimum absolute atomic E-state index is 0.0879. The summed E-state index contributed by atoms with van der Waals surface area (Å²) in [6.45, 7) is 3.72. The van der Waals surface area contributed by atoms with Crippen molar-refractivity contribution < 1.29 is 4.79 Å². The summed E-state index contributed by atoms with van der Waals surface area (Å²) in [5, 5.41) is 4.29. The number of amides is 1. The van der Waals surface area contributed by atoms with Crippen LogP contribution in [0.15, 0.2) is 48.5 Å². The highest BCUT2D eigenvalue weighted by Gasteiger charge is 2.31. The third-order valence-electron chi connectivity index (χ3n) is 4.11. The second kappa shape index (κ2) is 6.01. The van der Waals surface area contributed by atoms with E-state index in [4.69, 9.17) is 11.6 Å². The maximum absolute atomic E-state index is 12.0. The van der Waals surface area contributed by atoms with Crippen LogP contribution < -0.4 is 10.2 Å². The molecule has 1 amide bonds. The van der Waals surface area contributed by atoms with Gasteiger partial charge in [0, 0.05) is 29.4 Å². The molecule has 0 radical (unpaired) electrons. The van der Waals surface area contributed by atoms with Crippen LogP contribution in [0.2, 0.25) is 5.02 Å². The lowest BCUT2D eigenvalue weighted by atomic mass is 9.91. The van der Waals surface area contributed by atoms with E-state index in [2.05, 4.69) is 18.3 Å². The summed E-state index contributed by atoms with van der Waals surface area (Å²) in [6.07, 6.45) is 0.874. The van der Waals surface area contributed by atoms with Crippen LogP contribution in [0.25, 0.3) is 0 Å². The number of nitrogens with zero attached hydrogens (tertiary/aromatic N) is 1. The SMILES string of the molecule is CC(=O)N1c2ccccc2C(Nc2ccc(Cl)cc2)C[C@H]1C. The highest BCUT2D eigenvalue weighted by Crippen LogP contribution is 2.38. The number of nitrogens with one attached hydrogen (secondary N) is 1. The Morgan fingerprint density at radius 1 is 1.18 bits per heavy atom. The molecular weight excluding hydrogens is 296 g/mol. The van der Waals surface area contributed by atoms with Crippen LogP contribution in [-0.2, 0) is 4.79 Å². The van der Waals surface area contributed by atoms with E-state index in [0.29, 0.717) is 0 Å². The van der Waals surface area contributed by atoms with Crippen LogP contribution in [0, 0.1) is 0 Å². The zero-order valence-corrected chi connectivity index (χ0v) is 13.5. The molecule has 22 heavy (non-hydrogen) atoms. The number of benzene rings is 2. The first-order valence-electron chi connectivity index (χ1n) is 7.47. The van der Waals surface area contributed by atoms with Crippen LogP contribution >= 0.6 is 11.6 Å². The second-order valence-corrected chi connectivity index (χ2v) is 6.17. The van der Waals surface area contributed by atoms with Crippen LogP contribution in [0.3, 0.4) is 0 Å². The van der Waals surface area contributed by atoms with Gasteiger partial charge in [0.05, 0.1) is 6.04 Å². The number of hydrogen-bond acceptors (Lipinski definition) is 2. The van der Waals surface area contributed by atoms with Gasteiger partial charge < -0.3 is 10.2 Å². The monoisotopic (exact) mass is 314 g/mol. The van der Waals surface area contributed by atoms with E-state index >= 15 is 0 Å². The molecule has 0 aliphatic carbocycles. The first kappa shape index (κ1) is 14.9. The average molecular weight is 315 g/mol. The van der Waals surface area contributed by atoms with Crippen molar-refractivity contribution in [3.05, 3.63) is 59.1 Å². The zero-order valence-electron chi connectivity index (χ0n) is 12.7. The maximum Gasteiger partial charge on any atom is 0.224 e. The van der Waals surface area contributed by atoms with Crippen LogP contribution in [0.4, 0.5) is 11.4 Å². The number of para-hydroxylation sites is 1. The molecule has 0 aromatic heterocycles. The largest absolute Gasteiger partial charge is 0.378 e. The van der Waals surface area contributed by atoms with Gasteiger partial charge in [-0.05, 0) is 49.2 Å². The number of carbonyl (C=O) groups excluding carboxylic acids is 1. The first-order valence-corrected chi connectivity index (χ1v) is 7.85. The van der Waals surface area contributed by atoms with Gasteiger partial charge in [-0.15, -0.1) is 0 Å². The van der Waals surface area contributed by atoms with Crippen LogP contribution in [0.5, 0.6) is 0 Å². The van der Waals surface area contributed by atoms with Gasteiger partial charge in [0.25, 0.3) is 0 Å². The lowest BCUT2D eigenvalue weighted by Gasteiger charge is -2.39. The summed E-state index contributed by atoms with van der Waals surface area (Å²) in [5.41, 5.74) is 3.19. The molecule has 1 aliphatic heterocycles. The van der Waals surface area contributed by atoms with E-state index < -0.39 is 0 Å². The molecular formula is C18H19ClN2O. The third-order valence-corrected chi connectivity index (χ3v) is 4.37. The molecule has 3 nitrogen and oxygen atoms in total. The minimum atomic E-state index is 0.0879. The van der Waals surface area contributed by atoms with Crippen molar-refractivity contribution in [3.63, 3.8) is 0 Å². The normalized spacial score (nSPS) is 20.4. The Labute approximate surface area is 135 Å². The van der Waals surface area contributed by atoms with Crippen molar-refractivity contribution in [2.45, 2.75) is 32.4 Å². The van der Waals surface area contributed by atoms with Gasteiger partial charge in [-0.2, -0.15) is 0 Å². The fraction of sp³-hybridized carbons (Fsp3) is 0.278. The molecule has 0 saturated carbocycles. The number of fused-ring (bicyclic) bond motifs is 1. The zero-order chi connectivity index (χ0) is 15.7. The lowest BCUT2D eigenvalue weighted by molar-refractivity contribution is -0.117. The fourth-order valence-corrected chi connectivity index (χ4v) is 3.30. The van der Waals surface area contributed by atoms with Gasteiger partial charge in [0.1, 0.15) is 0 Å². The molecule has 1 aliphatic rings. The smallest absolute Gasteiger partial charge is 0.224 e. The number of hydrogen-bond donors (Lipinski definition) is 1. The summed E-state index contributed by atoms with van der Waals surface area (Å²) in [7, 11) is 0. The molecule has 4 heteroatoms. The van der Waals surface area contributed by atoms with Crippen molar-refractivity contribution in [2.24, 2.45) is 0 Å². The van der Waals surface area contributed by atoms with Crippen molar-refractivity contribution in [1.29, 1.82) is 0 Å². The quantitative estimate of drug-likeness (QED) is 0.876. The lowest BCUT2D eigenvalue weighted by Crippen LogP contribution is -2.43. The Hall–Kier alpha value is -2.00. The maximum atomic E-state index is 12.0. The van der Waals surface area contributed by atoms with E-state index in [1.165, 1.54) is 0 Å². The number of anilines is 2. The summed E-state index contributed by atoms with van der Waals surface area (Å²) < 4.78 is 0. The van der Waals surface area contributed by atoms with Gasteiger partial charge >= 0.3 is 0 Å². The van der Waals surface area contributed by atoms with Crippen molar-refractivity contribution in [2.75, 3.05) is 10.2 Å². The summed E-state index contributed by atoms with van der Waals surface area (Å²) >= 11 is 5.94. The van der Waals surface area contributed by atoms with Gasteiger partial charge in [-0.3, -0.25) is 4.79 Å². The molecule has 1 heterocycles. The third kappa shape index (κ3) is 2.81. The second-order valence-electron chi connectivity index (χ2n) is 5.74. The highest BCUT2D eigenvalue weighted by atomic mass is 35.5. The van der Waals surface area contributed by atoms with E-state index in [-0.39, 0.29) is 18.0 Å². The molecule has 3 rings (SSSR count). The van der Waals surface area contributed by atoms with Gasteiger partial charge in [-0.25, -0.2) is 0 Å². The molecule has 0 spiro atoms. The van der Waals surface area contributed by atoms with E-state index in [1.54, 1.807) is 6.92 Å². The Morgan fingerprint density at radius 3 is 2.55 bits per heavy atom. The van der Waals surface area contributed by atoms with E-state index in [0.717, 1.165) is 28.4 Å². The van der Waals surface area contributed by atoms with Gasteiger partial charge in [0.15, 0.2) is 0 Å². The topological polar surface area (TPSA) is 32.3 Å².